The molecule has 4 aromatic rings. The van der Waals surface area contributed by atoms with Gasteiger partial charge in [-0.15, -0.1) is 11.3 Å². The van der Waals surface area contributed by atoms with Crippen LogP contribution in [0.15, 0.2) is 66.0 Å². The van der Waals surface area contributed by atoms with Gasteiger partial charge in [0.1, 0.15) is 27.2 Å². The van der Waals surface area contributed by atoms with Crippen molar-refractivity contribution < 1.29 is 9.47 Å². The number of aromatic nitrogens is 1. The van der Waals surface area contributed by atoms with Gasteiger partial charge in [0.2, 0.25) is 0 Å². The summed E-state index contributed by atoms with van der Waals surface area (Å²) in [4.78, 5) is 6.08. The van der Waals surface area contributed by atoms with Crippen LogP contribution in [0.25, 0.3) is 21.1 Å². The third kappa shape index (κ3) is 3.88. The van der Waals surface area contributed by atoms with Crippen LogP contribution in [0, 0.1) is 0 Å². The molecule has 6 heteroatoms. The van der Waals surface area contributed by atoms with Crippen molar-refractivity contribution in [2.45, 2.75) is 6.54 Å². The second-order valence-electron chi connectivity index (χ2n) is 6.07. The fourth-order valence-electron chi connectivity index (χ4n) is 2.90. The Labute approximate surface area is 172 Å². The van der Waals surface area contributed by atoms with Crippen molar-refractivity contribution in [2.24, 2.45) is 0 Å². The molecule has 0 radical (unpaired) electrons. The quantitative estimate of drug-likeness (QED) is 0.397. The molecule has 2 heterocycles. The molecule has 2 aromatic heterocycles. The van der Waals surface area contributed by atoms with Gasteiger partial charge in [-0.2, -0.15) is 0 Å². The van der Waals surface area contributed by atoms with Gasteiger partial charge in [0.25, 0.3) is 0 Å². The van der Waals surface area contributed by atoms with Gasteiger partial charge in [0.05, 0.1) is 19.1 Å². The molecule has 28 heavy (non-hydrogen) atoms. The lowest BCUT2D eigenvalue weighted by Gasteiger charge is -2.11. The van der Waals surface area contributed by atoms with Gasteiger partial charge >= 0.3 is 0 Å². The van der Waals surface area contributed by atoms with E-state index in [1.165, 1.54) is 0 Å². The molecule has 0 amide bonds. The molecule has 4 nitrogen and oxygen atoms in total. The van der Waals surface area contributed by atoms with Crippen LogP contribution < -0.4 is 14.8 Å². The molecule has 1 N–H and O–H groups in total. The van der Waals surface area contributed by atoms with E-state index in [1.807, 2.05) is 36.4 Å². The Balaban J connectivity index is 1.65. The van der Waals surface area contributed by atoms with E-state index in [0.29, 0.717) is 6.54 Å². The SMILES string of the molecule is COc1ccc(CNc2sc(-c3ccccc3)nc2-c2cccs2)c(OC)c1. The number of ether oxygens (including phenoxy) is 2. The summed E-state index contributed by atoms with van der Waals surface area (Å²) in [6, 6.07) is 20.3. The van der Waals surface area contributed by atoms with Gasteiger partial charge in [-0.1, -0.05) is 47.7 Å². The standard InChI is InChI=1S/C22H20N2O2S2/c1-25-17-11-10-16(18(13-17)26-2)14-23-22-20(19-9-6-12-27-19)24-21(28-22)15-7-4-3-5-8-15/h3-13,23H,14H2,1-2H3. The van der Waals surface area contributed by atoms with Gasteiger partial charge < -0.3 is 14.8 Å². The summed E-state index contributed by atoms with van der Waals surface area (Å²) in [6.07, 6.45) is 0. The average molecular weight is 409 g/mol. The zero-order valence-corrected chi connectivity index (χ0v) is 17.3. The second kappa shape index (κ2) is 8.46. The molecule has 0 aliphatic carbocycles. The molecule has 0 spiro atoms. The van der Waals surface area contributed by atoms with Crippen LogP contribution in [-0.2, 0) is 6.54 Å². The number of anilines is 1. The third-order valence-electron chi connectivity index (χ3n) is 4.34. The van der Waals surface area contributed by atoms with Crippen molar-refractivity contribution >= 4 is 27.7 Å². The minimum atomic E-state index is 0.641. The predicted molar refractivity (Wildman–Crippen MR) is 118 cm³/mol. The highest BCUT2D eigenvalue weighted by atomic mass is 32.1. The van der Waals surface area contributed by atoms with Gasteiger partial charge in [-0.25, -0.2) is 4.98 Å². The number of methoxy groups -OCH3 is 2. The van der Waals surface area contributed by atoms with Gasteiger partial charge in [-0.05, 0) is 23.6 Å². The molecule has 2 aromatic carbocycles. The zero-order valence-electron chi connectivity index (χ0n) is 15.6. The molecule has 0 bridgehead atoms. The van der Waals surface area contributed by atoms with E-state index >= 15 is 0 Å². The summed E-state index contributed by atoms with van der Waals surface area (Å²) in [7, 11) is 3.33. The summed E-state index contributed by atoms with van der Waals surface area (Å²) < 4.78 is 10.8. The lowest BCUT2D eigenvalue weighted by Crippen LogP contribution is -2.01. The number of hydrogen-bond donors (Lipinski definition) is 1. The van der Waals surface area contributed by atoms with Gasteiger partial charge in [0.15, 0.2) is 0 Å². The average Bonchev–Trinajstić information content (AvgIpc) is 3.42. The normalized spacial score (nSPS) is 10.6. The summed E-state index contributed by atoms with van der Waals surface area (Å²) in [5.41, 5.74) is 3.18. The molecule has 0 unspecified atom stereocenters. The summed E-state index contributed by atoms with van der Waals surface area (Å²) in [5, 5.41) is 7.70. The maximum atomic E-state index is 5.52. The molecule has 0 aliphatic heterocycles. The van der Waals surface area contributed by atoms with E-state index < -0.39 is 0 Å². The molecule has 4 rings (SSSR count). The van der Waals surface area contributed by atoms with Gasteiger partial charge in [-0.3, -0.25) is 0 Å². The van der Waals surface area contributed by atoms with Crippen molar-refractivity contribution in [1.82, 2.24) is 4.98 Å². The predicted octanol–water partition coefficient (Wildman–Crippen LogP) is 6.17. The highest BCUT2D eigenvalue weighted by Crippen LogP contribution is 2.40. The maximum Gasteiger partial charge on any atom is 0.127 e. The van der Waals surface area contributed by atoms with Crippen LogP contribution in [0.5, 0.6) is 11.5 Å². The highest BCUT2D eigenvalue weighted by molar-refractivity contribution is 7.20. The number of thiophene rings is 1. The molecule has 0 atom stereocenters. The smallest absolute Gasteiger partial charge is 0.127 e. The van der Waals surface area contributed by atoms with Crippen LogP contribution in [0.1, 0.15) is 5.56 Å². The first-order chi connectivity index (χ1) is 13.8. The third-order valence-corrected chi connectivity index (χ3v) is 6.27. The zero-order chi connectivity index (χ0) is 19.3. The molecule has 0 fully saturated rings. The lowest BCUT2D eigenvalue weighted by atomic mass is 10.2. The second-order valence-corrected chi connectivity index (χ2v) is 8.02. The topological polar surface area (TPSA) is 43.4 Å². The largest absolute Gasteiger partial charge is 0.497 e. The Bertz CT molecular complexity index is 1040. The monoisotopic (exact) mass is 408 g/mol. The molecular weight excluding hydrogens is 388 g/mol. The first kappa shape index (κ1) is 18.5. The molecule has 0 saturated carbocycles. The maximum absolute atomic E-state index is 5.52. The van der Waals surface area contributed by atoms with Crippen molar-refractivity contribution in [3.05, 3.63) is 71.6 Å². The van der Waals surface area contributed by atoms with Crippen LogP contribution in [-0.4, -0.2) is 19.2 Å². The van der Waals surface area contributed by atoms with E-state index in [4.69, 9.17) is 14.5 Å². The van der Waals surface area contributed by atoms with Crippen molar-refractivity contribution in [3.8, 4) is 32.6 Å². The number of benzene rings is 2. The minimum absolute atomic E-state index is 0.641. The summed E-state index contributed by atoms with van der Waals surface area (Å²) in [5.74, 6) is 1.58. The van der Waals surface area contributed by atoms with E-state index in [1.54, 1.807) is 36.9 Å². The molecule has 0 saturated heterocycles. The molecule has 0 aliphatic rings. The number of hydrogen-bond acceptors (Lipinski definition) is 6. The number of thiazole rings is 1. The Hall–Kier alpha value is -2.83. The van der Waals surface area contributed by atoms with Crippen LogP contribution in [0.4, 0.5) is 5.00 Å². The minimum Gasteiger partial charge on any atom is -0.497 e. The molecular formula is C22H20N2O2S2. The fourth-order valence-corrected chi connectivity index (χ4v) is 4.66. The number of nitrogens with one attached hydrogen (secondary N) is 1. The fraction of sp³-hybridized carbons (Fsp3) is 0.136. The van der Waals surface area contributed by atoms with Crippen LogP contribution >= 0.6 is 22.7 Å². The summed E-state index contributed by atoms with van der Waals surface area (Å²) >= 11 is 3.37. The van der Waals surface area contributed by atoms with Crippen molar-refractivity contribution in [3.63, 3.8) is 0 Å². The van der Waals surface area contributed by atoms with E-state index in [9.17, 15) is 0 Å². The molecule has 142 valence electrons. The first-order valence-corrected chi connectivity index (χ1v) is 10.5. The van der Waals surface area contributed by atoms with E-state index in [-0.39, 0.29) is 0 Å². The van der Waals surface area contributed by atoms with Crippen LogP contribution in [0.3, 0.4) is 0 Å². The van der Waals surface area contributed by atoms with Crippen molar-refractivity contribution in [1.29, 1.82) is 0 Å². The summed E-state index contributed by atoms with van der Waals surface area (Å²) in [6.45, 7) is 0.641. The Morgan fingerprint density at radius 2 is 1.82 bits per heavy atom. The number of rotatable bonds is 7. The Morgan fingerprint density at radius 3 is 2.54 bits per heavy atom. The first-order valence-electron chi connectivity index (χ1n) is 8.83. The Kier molecular flexibility index (Phi) is 5.60. The Morgan fingerprint density at radius 1 is 0.964 bits per heavy atom. The lowest BCUT2D eigenvalue weighted by molar-refractivity contribution is 0.391. The van der Waals surface area contributed by atoms with E-state index in [0.717, 1.165) is 43.2 Å². The van der Waals surface area contributed by atoms with Crippen LogP contribution in [0.2, 0.25) is 0 Å². The van der Waals surface area contributed by atoms with Gasteiger partial charge in [0, 0.05) is 23.7 Å². The highest BCUT2D eigenvalue weighted by Gasteiger charge is 2.16. The van der Waals surface area contributed by atoms with E-state index in [2.05, 4.69) is 35.0 Å². The number of nitrogens with zero attached hydrogens (tertiary/aromatic N) is 1. The van der Waals surface area contributed by atoms with Crippen molar-refractivity contribution in [2.75, 3.05) is 19.5 Å².